The van der Waals surface area contributed by atoms with Crippen LogP contribution in [-0.2, 0) is 10.0 Å². The Kier molecular flexibility index (Phi) is 5.77. The maximum absolute atomic E-state index is 14.1. The summed E-state index contributed by atoms with van der Waals surface area (Å²) in [5.41, 5.74) is 9.26. The number of benzene rings is 2. The first-order chi connectivity index (χ1) is 17.2. The van der Waals surface area contributed by atoms with Gasteiger partial charge in [0.15, 0.2) is 0 Å². The zero-order valence-corrected chi connectivity index (χ0v) is 20.1. The lowest BCUT2D eigenvalue weighted by atomic mass is 10.1. The molecule has 36 heavy (non-hydrogen) atoms. The molecule has 2 aromatic carbocycles. The number of hydrogen-bond donors (Lipinski definition) is 3. The number of pyridine rings is 2. The van der Waals surface area contributed by atoms with Crippen LogP contribution in [0, 0.1) is 19.7 Å². The number of fused-ring (bicyclic) bond motifs is 1. The highest BCUT2D eigenvalue weighted by Gasteiger charge is 2.20. The molecule has 9 nitrogen and oxygen atoms in total. The summed E-state index contributed by atoms with van der Waals surface area (Å²) in [5.74, 6) is 0.346. The highest BCUT2D eigenvalue weighted by atomic mass is 32.2. The smallest absolute Gasteiger partial charge is 0.264 e. The number of H-pyrrole nitrogens is 1. The van der Waals surface area contributed by atoms with Crippen molar-refractivity contribution in [2.24, 2.45) is 0 Å². The Morgan fingerprint density at radius 1 is 1.03 bits per heavy atom. The van der Waals surface area contributed by atoms with Crippen LogP contribution in [0.1, 0.15) is 11.3 Å². The fourth-order valence-electron chi connectivity index (χ4n) is 3.67. The molecule has 0 atom stereocenters. The molecule has 5 aromatic rings. The number of ether oxygens (including phenoxy) is 1. The van der Waals surface area contributed by atoms with Crippen LogP contribution >= 0.6 is 0 Å². The number of nitrogen functional groups attached to an aromatic ring is 1. The van der Waals surface area contributed by atoms with Gasteiger partial charge >= 0.3 is 0 Å². The first-order valence-electron chi connectivity index (χ1n) is 10.8. The molecular formula is C25H21FN6O3S. The second-order valence-corrected chi connectivity index (χ2v) is 9.84. The van der Waals surface area contributed by atoms with Gasteiger partial charge in [0, 0.05) is 16.9 Å². The lowest BCUT2D eigenvalue weighted by Gasteiger charge is -2.11. The summed E-state index contributed by atoms with van der Waals surface area (Å²) in [5, 5.41) is 7.99. The molecular weight excluding hydrogens is 483 g/mol. The van der Waals surface area contributed by atoms with Gasteiger partial charge in [-0.25, -0.2) is 22.8 Å². The summed E-state index contributed by atoms with van der Waals surface area (Å²) in [6.07, 6.45) is 1.50. The molecule has 3 aromatic heterocycles. The van der Waals surface area contributed by atoms with Gasteiger partial charge < -0.3 is 10.5 Å². The van der Waals surface area contributed by atoms with Gasteiger partial charge in [-0.3, -0.25) is 9.82 Å². The number of nitrogens with two attached hydrogens (primary N) is 1. The van der Waals surface area contributed by atoms with Crippen molar-refractivity contribution in [1.82, 2.24) is 20.2 Å². The lowest BCUT2D eigenvalue weighted by molar-refractivity contribution is 0.467. The van der Waals surface area contributed by atoms with Crippen LogP contribution < -0.4 is 15.2 Å². The second kappa shape index (κ2) is 8.93. The molecule has 0 radical (unpaired) electrons. The van der Waals surface area contributed by atoms with Crippen molar-refractivity contribution < 1.29 is 17.5 Å². The van der Waals surface area contributed by atoms with E-state index in [4.69, 9.17) is 10.5 Å². The van der Waals surface area contributed by atoms with Crippen LogP contribution in [-0.4, -0.2) is 28.6 Å². The number of rotatable bonds is 6. The lowest BCUT2D eigenvalue weighted by Crippen LogP contribution is -2.14. The van der Waals surface area contributed by atoms with E-state index in [1.165, 1.54) is 18.3 Å². The first kappa shape index (κ1) is 23.2. The predicted octanol–water partition coefficient (Wildman–Crippen LogP) is 4.95. The van der Waals surface area contributed by atoms with Gasteiger partial charge in [-0.2, -0.15) is 5.10 Å². The van der Waals surface area contributed by atoms with E-state index in [-0.39, 0.29) is 5.69 Å². The number of nitrogens with zero attached hydrogens (tertiary/aromatic N) is 3. The zero-order valence-electron chi connectivity index (χ0n) is 19.3. The van der Waals surface area contributed by atoms with Gasteiger partial charge in [0.05, 0.1) is 22.8 Å². The molecule has 5 rings (SSSR count). The molecule has 0 saturated heterocycles. The molecule has 4 N–H and O–H groups in total. The van der Waals surface area contributed by atoms with Crippen molar-refractivity contribution in [1.29, 1.82) is 0 Å². The van der Waals surface area contributed by atoms with Crippen LogP contribution in [0.5, 0.6) is 11.6 Å². The third-order valence-electron chi connectivity index (χ3n) is 5.47. The van der Waals surface area contributed by atoms with Crippen molar-refractivity contribution in [2.75, 3.05) is 10.5 Å². The molecule has 0 bridgehead atoms. The van der Waals surface area contributed by atoms with Crippen molar-refractivity contribution in [3.63, 3.8) is 0 Å². The number of sulfonamides is 1. The second-order valence-electron chi connectivity index (χ2n) is 8.19. The Balaban J connectivity index is 1.46. The summed E-state index contributed by atoms with van der Waals surface area (Å²) < 4.78 is 48.0. The van der Waals surface area contributed by atoms with Crippen LogP contribution in [0.2, 0.25) is 0 Å². The summed E-state index contributed by atoms with van der Waals surface area (Å²) in [7, 11) is -4.10. The minimum absolute atomic E-state index is 0.278. The number of aryl methyl sites for hydroxylation is 2. The number of nitrogens with one attached hydrogen (secondary N) is 2. The highest BCUT2D eigenvalue weighted by molar-refractivity contribution is 7.92. The third kappa shape index (κ3) is 4.56. The van der Waals surface area contributed by atoms with E-state index in [1.807, 2.05) is 6.92 Å². The largest absolute Gasteiger partial charge is 0.437 e. The fraction of sp³-hybridized carbons (Fsp3) is 0.0800. The van der Waals surface area contributed by atoms with Gasteiger partial charge in [-0.05, 0) is 61.9 Å². The maximum Gasteiger partial charge on any atom is 0.264 e. The van der Waals surface area contributed by atoms with Gasteiger partial charge in [0.2, 0.25) is 5.88 Å². The maximum atomic E-state index is 14.1. The Morgan fingerprint density at radius 2 is 1.81 bits per heavy atom. The van der Waals surface area contributed by atoms with Crippen molar-refractivity contribution in [3.05, 3.63) is 83.9 Å². The van der Waals surface area contributed by atoms with Crippen LogP contribution in [0.15, 0.2) is 71.8 Å². The van der Waals surface area contributed by atoms with E-state index < -0.39 is 20.7 Å². The van der Waals surface area contributed by atoms with Gasteiger partial charge in [-0.15, -0.1) is 0 Å². The van der Waals surface area contributed by atoms with Crippen LogP contribution in [0.3, 0.4) is 0 Å². The number of aromatic nitrogens is 4. The van der Waals surface area contributed by atoms with Crippen molar-refractivity contribution in [2.45, 2.75) is 18.7 Å². The van der Waals surface area contributed by atoms with Crippen LogP contribution in [0.4, 0.5) is 15.9 Å². The molecule has 0 amide bonds. The highest BCUT2D eigenvalue weighted by Crippen LogP contribution is 2.33. The molecule has 0 fully saturated rings. The number of aromatic amines is 1. The summed E-state index contributed by atoms with van der Waals surface area (Å²) in [4.78, 5) is 8.29. The topological polar surface area (TPSA) is 136 Å². The zero-order chi connectivity index (χ0) is 25.4. The minimum Gasteiger partial charge on any atom is -0.437 e. The molecule has 3 heterocycles. The number of hydrogen-bond acceptors (Lipinski definition) is 7. The molecule has 0 saturated carbocycles. The van der Waals surface area contributed by atoms with E-state index >= 15 is 0 Å². The molecule has 0 aliphatic rings. The Bertz CT molecular complexity index is 1680. The van der Waals surface area contributed by atoms with E-state index in [1.54, 1.807) is 49.4 Å². The predicted molar refractivity (Wildman–Crippen MR) is 135 cm³/mol. The minimum atomic E-state index is -4.10. The summed E-state index contributed by atoms with van der Waals surface area (Å²) in [6.45, 7) is 3.56. The fourth-order valence-corrected chi connectivity index (χ4v) is 4.89. The van der Waals surface area contributed by atoms with E-state index in [0.717, 1.165) is 17.1 Å². The third-order valence-corrected chi connectivity index (χ3v) is 6.86. The SMILES string of the molecule is Cc1ccc(F)c(S(=O)(=O)Nc2ccc(-c3cc4n[nH]c(C)c4c(Oc4ccc(N)nc4)n3)cc2)c1. The number of halogens is 1. The Hall–Kier alpha value is -4.51. The molecule has 11 heteroatoms. The quantitative estimate of drug-likeness (QED) is 0.298. The van der Waals surface area contributed by atoms with E-state index in [0.29, 0.717) is 39.8 Å². The van der Waals surface area contributed by atoms with Gasteiger partial charge in [-0.1, -0.05) is 18.2 Å². The van der Waals surface area contributed by atoms with E-state index in [9.17, 15) is 12.8 Å². The number of anilines is 2. The summed E-state index contributed by atoms with van der Waals surface area (Å²) in [6, 6.07) is 15.6. The molecule has 182 valence electrons. The standard InChI is InChI=1S/C25H21FN6O3S/c1-14-3-9-19(26)22(11-14)36(33,34)32-17-6-4-16(5-7-17)20-12-21-24(15(2)30-31-21)25(29-20)35-18-8-10-23(27)28-13-18/h3-13,32H,1-2H3,(H2,27,28)(H,30,31). The Labute approximate surface area is 206 Å². The average Bonchev–Trinajstić information content (AvgIpc) is 3.23. The normalized spacial score (nSPS) is 11.5. The molecule has 0 unspecified atom stereocenters. The Morgan fingerprint density at radius 3 is 2.53 bits per heavy atom. The summed E-state index contributed by atoms with van der Waals surface area (Å²) >= 11 is 0. The average molecular weight is 505 g/mol. The van der Waals surface area contributed by atoms with Gasteiger partial charge in [0.25, 0.3) is 10.0 Å². The first-order valence-corrected chi connectivity index (χ1v) is 12.3. The van der Waals surface area contributed by atoms with Gasteiger partial charge in [0.1, 0.15) is 22.3 Å². The van der Waals surface area contributed by atoms with Crippen molar-refractivity contribution >= 4 is 32.4 Å². The molecule has 0 spiro atoms. The van der Waals surface area contributed by atoms with Crippen LogP contribution in [0.25, 0.3) is 22.2 Å². The van der Waals surface area contributed by atoms with E-state index in [2.05, 4.69) is 24.9 Å². The monoisotopic (exact) mass is 504 g/mol. The molecule has 0 aliphatic carbocycles. The van der Waals surface area contributed by atoms with Crippen molar-refractivity contribution in [3.8, 4) is 22.9 Å². The molecule has 0 aliphatic heterocycles.